The van der Waals surface area contributed by atoms with Crippen molar-refractivity contribution in [2.75, 3.05) is 0 Å². The number of amides is 1. The molecule has 2 aromatic rings. The zero-order valence-electron chi connectivity index (χ0n) is 23.8. The number of carboxylic acid groups (broad SMARTS) is 1. The van der Waals surface area contributed by atoms with Crippen LogP contribution < -0.4 is 5.32 Å². The van der Waals surface area contributed by atoms with Crippen molar-refractivity contribution in [2.45, 2.75) is 96.0 Å². The molecule has 0 radical (unpaired) electrons. The monoisotopic (exact) mass is 569 g/mol. The zero-order valence-corrected chi connectivity index (χ0v) is 23.8. The van der Waals surface area contributed by atoms with E-state index in [-0.39, 0.29) is 37.5 Å². The molecule has 0 saturated heterocycles. The summed E-state index contributed by atoms with van der Waals surface area (Å²) in [5.74, 6) is -2.62. The van der Waals surface area contributed by atoms with Crippen LogP contribution in [0.3, 0.4) is 0 Å². The van der Waals surface area contributed by atoms with Crippen LogP contribution in [0.25, 0.3) is 0 Å². The fourth-order valence-corrected chi connectivity index (χ4v) is 4.72. The molecule has 0 aliphatic heterocycles. The maximum atomic E-state index is 13.1. The van der Waals surface area contributed by atoms with Crippen LogP contribution in [0.4, 0.5) is 4.79 Å². The third-order valence-corrected chi connectivity index (χ3v) is 6.69. The molecule has 2 atom stereocenters. The summed E-state index contributed by atoms with van der Waals surface area (Å²) in [5, 5.41) is 22.6. The van der Waals surface area contributed by atoms with Gasteiger partial charge in [0.15, 0.2) is 0 Å². The number of ether oxygens (including phenoxy) is 3. The molecule has 3 rings (SSSR count). The maximum Gasteiger partial charge on any atom is 0.408 e. The SMILES string of the molecule is CC(C)(C)OC(=O)CC[C@H](NC(=O)OCc1ccccc1)C(=O)OC(Cc1ccc(O)c(C2CCCC2)c1)C(=O)O. The summed E-state index contributed by atoms with van der Waals surface area (Å²) in [6.07, 6.45) is 0.977. The first-order valence-electron chi connectivity index (χ1n) is 13.9. The minimum absolute atomic E-state index is 0.0531. The van der Waals surface area contributed by atoms with Gasteiger partial charge in [-0.2, -0.15) is 0 Å². The van der Waals surface area contributed by atoms with E-state index < -0.39 is 41.7 Å². The van der Waals surface area contributed by atoms with Crippen LogP contribution in [0.2, 0.25) is 0 Å². The van der Waals surface area contributed by atoms with Gasteiger partial charge >= 0.3 is 24.0 Å². The van der Waals surface area contributed by atoms with Gasteiger partial charge in [-0.3, -0.25) is 4.79 Å². The highest BCUT2D eigenvalue weighted by molar-refractivity contribution is 5.85. The normalized spacial score (nSPS) is 15.0. The van der Waals surface area contributed by atoms with Gasteiger partial charge in [0.05, 0.1) is 0 Å². The Morgan fingerprint density at radius 3 is 2.32 bits per heavy atom. The van der Waals surface area contributed by atoms with Crippen LogP contribution in [0.15, 0.2) is 48.5 Å². The molecule has 222 valence electrons. The first kappa shape index (κ1) is 31.4. The first-order chi connectivity index (χ1) is 19.4. The number of carbonyl (C=O) groups is 4. The van der Waals surface area contributed by atoms with E-state index in [1.807, 2.05) is 6.07 Å². The molecular formula is C31H39NO9. The van der Waals surface area contributed by atoms with E-state index in [4.69, 9.17) is 14.2 Å². The van der Waals surface area contributed by atoms with E-state index in [1.165, 1.54) is 6.07 Å². The number of carboxylic acids is 1. The van der Waals surface area contributed by atoms with Gasteiger partial charge in [-0.15, -0.1) is 0 Å². The standard InChI is InChI=1S/C31H39NO9/c1-31(2,3)41-27(34)16-14-24(32-30(38)39-19-20-9-5-4-6-10-20)29(37)40-26(28(35)36)18-21-13-15-25(33)23(17-21)22-11-7-8-12-22/h4-6,9-10,13,15,17,22,24,26,33H,7-8,11-12,14,16,18-19H2,1-3H3,(H,32,38)(H,35,36)/t24-,26?/m0/s1. The molecule has 1 unspecified atom stereocenters. The molecule has 0 aromatic heterocycles. The Labute approximate surface area is 240 Å². The number of nitrogens with one attached hydrogen (secondary N) is 1. The molecule has 0 spiro atoms. The number of carbonyl (C=O) groups excluding carboxylic acids is 3. The number of rotatable bonds is 12. The topological polar surface area (TPSA) is 148 Å². The van der Waals surface area contributed by atoms with Crippen molar-refractivity contribution in [1.82, 2.24) is 5.32 Å². The average Bonchev–Trinajstić information content (AvgIpc) is 3.45. The highest BCUT2D eigenvalue weighted by atomic mass is 16.6. The first-order valence-corrected chi connectivity index (χ1v) is 13.9. The molecular weight excluding hydrogens is 530 g/mol. The minimum Gasteiger partial charge on any atom is -0.508 e. The van der Waals surface area contributed by atoms with Crippen LogP contribution in [0.5, 0.6) is 5.75 Å². The second kappa shape index (κ2) is 14.5. The maximum absolute atomic E-state index is 13.1. The highest BCUT2D eigenvalue weighted by Crippen LogP contribution is 2.38. The molecule has 0 bridgehead atoms. The molecule has 41 heavy (non-hydrogen) atoms. The fraction of sp³-hybridized carbons (Fsp3) is 0.484. The molecule has 1 saturated carbocycles. The van der Waals surface area contributed by atoms with Gasteiger partial charge in [0.25, 0.3) is 0 Å². The Morgan fingerprint density at radius 1 is 1.00 bits per heavy atom. The Bertz CT molecular complexity index is 1200. The number of benzene rings is 2. The van der Waals surface area contributed by atoms with Crippen molar-refractivity contribution in [1.29, 1.82) is 0 Å². The van der Waals surface area contributed by atoms with Gasteiger partial charge in [-0.05, 0) is 68.7 Å². The van der Waals surface area contributed by atoms with Crippen molar-refractivity contribution in [3.63, 3.8) is 0 Å². The molecule has 1 aliphatic carbocycles. The summed E-state index contributed by atoms with van der Waals surface area (Å²) in [4.78, 5) is 50.0. The molecule has 10 heteroatoms. The van der Waals surface area contributed by atoms with Crippen LogP contribution in [0, 0.1) is 0 Å². The van der Waals surface area contributed by atoms with Crippen LogP contribution in [-0.2, 0) is 41.6 Å². The summed E-state index contributed by atoms with van der Waals surface area (Å²) < 4.78 is 15.8. The number of esters is 2. The number of phenols is 1. The fourth-order valence-electron chi connectivity index (χ4n) is 4.72. The number of hydrogen-bond acceptors (Lipinski definition) is 8. The average molecular weight is 570 g/mol. The van der Waals surface area contributed by atoms with E-state index >= 15 is 0 Å². The lowest BCUT2D eigenvalue weighted by Crippen LogP contribution is -2.45. The Kier molecular flexibility index (Phi) is 11.1. The summed E-state index contributed by atoms with van der Waals surface area (Å²) in [5.41, 5.74) is 1.33. The van der Waals surface area contributed by atoms with Gasteiger partial charge in [0.1, 0.15) is 24.0 Å². The molecule has 1 fully saturated rings. The van der Waals surface area contributed by atoms with Crippen LogP contribution in [-0.4, -0.2) is 52.0 Å². The second-order valence-corrected chi connectivity index (χ2v) is 11.2. The molecule has 10 nitrogen and oxygen atoms in total. The van der Waals surface area contributed by atoms with Crippen molar-refractivity contribution in [3.05, 3.63) is 65.2 Å². The third-order valence-electron chi connectivity index (χ3n) is 6.69. The molecule has 1 amide bonds. The predicted molar refractivity (Wildman–Crippen MR) is 149 cm³/mol. The van der Waals surface area contributed by atoms with Crippen molar-refractivity contribution in [2.24, 2.45) is 0 Å². The predicted octanol–water partition coefficient (Wildman–Crippen LogP) is 5.01. The van der Waals surface area contributed by atoms with E-state index in [0.29, 0.717) is 5.56 Å². The smallest absolute Gasteiger partial charge is 0.408 e. The zero-order chi connectivity index (χ0) is 30.0. The minimum atomic E-state index is -1.56. The van der Waals surface area contributed by atoms with Crippen molar-refractivity contribution < 1.29 is 43.6 Å². The van der Waals surface area contributed by atoms with E-state index in [1.54, 1.807) is 57.2 Å². The van der Waals surface area contributed by atoms with Crippen LogP contribution >= 0.6 is 0 Å². The Balaban J connectivity index is 1.69. The molecule has 2 aromatic carbocycles. The lowest BCUT2D eigenvalue weighted by Gasteiger charge is -2.22. The number of aromatic hydroxyl groups is 1. The number of hydrogen-bond donors (Lipinski definition) is 3. The van der Waals surface area contributed by atoms with Gasteiger partial charge in [0.2, 0.25) is 6.10 Å². The molecule has 1 aliphatic rings. The number of phenolic OH excluding ortho intramolecular Hbond substituents is 1. The van der Waals surface area contributed by atoms with E-state index in [2.05, 4.69) is 5.32 Å². The van der Waals surface area contributed by atoms with Gasteiger partial charge < -0.3 is 29.7 Å². The quantitative estimate of drug-likeness (QED) is 0.237. The second-order valence-electron chi connectivity index (χ2n) is 11.2. The summed E-state index contributed by atoms with van der Waals surface area (Å²) in [7, 11) is 0. The lowest BCUT2D eigenvalue weighted by molar-refractivity contribution is -0.165. The van der Waals surface area contributed by atoms with E-state index in [0.717, 1.165) is 36.8 Å². The largest absolute Gasteiger partial charge is 0.508 e. The summed E-state index contributed by atoms with van der Waals surface area (Å²) in [6.45, 7) is 5.06. The third kappa shape index (κ3) is 10.4. The highest BCUT2D eigenvalue weighted by Gasteiger charge is 2.31. The number of alkyl carbamates (subject to hydrolysis) is 1. The summed E-state index contributed by atoms with van der Waals surface area (Å²) >= 11 is 0. The van der Waals surface area contributed by atoms with Crippen LogP contribution in [0.1, 0.15) is 81.9 Å². The van der Waals surface area contributed by atoms with Crippen molar-refractivity contribution in [3.8, 4) is 5.75 Å². The summed E-state index contributed by atoms with van der Waals surface area (Å²) in [6, 6.07) is 12.4. The van der Waals surface area contributed by atoms with Crippen molar-refractivity contribution >= 4 is 24.0 Å². The van der Waals surface area contributed by atoms with E-state index in [9.17, 15) is 29.4 Å². The van der Waals surface area contributed by atoms with Gasteiger partial charge in [-0.25, -0.2) is 14.4 Å². The van der Waals surface area contributed by atoms with Gasteiger partial charge in [-0.1, -0.05) is 55.3 Å². The number of aliphatic carboxylic acids is 1. The van der Waals surface area contributed by atoms with Gasteiger partial charge in [0, 0.05) is 12.8 Å². The molecule has 3 N–H and O–H groups in total. The Morgan fingerprint density at radius 2 is 1.68 bits per heavy atom. The lowest BCUT2D eigenvalue weighted by atomic mass is 9.93. The molecule has 0 heterocycles. The Hall–Kier alpha value is -4.08.